The molecule has 2 aromatic rings. The average Bonchev–Trinajstić information content (AvgIpc) is 2.70. The van der Waals surface area contributed by atoms with Crippen molar-refractivity contribution in [1.29, 1.82) is 0 Å². The van der Waals surface area contributed by atoms with Crippen LogP contribution in [0.4, 0.5) is 0 Å². The Morgan fingerprint density at radius 3 is 2.19 bits per heavy atom. The van der Waals surface area contributed by atoms with Crippen molar-refractivity contribution in [3.63, 3.8) is 0 Å². The highest BCUT2D eigenvalue weighted by Gasteiger charge is 2.32. The number of nitrogens with zero attached hydrogens (tertiary/aromatic N) is 2. The lowest BCUT2D eigenvalue weighted by molar-refractivity contribution is -0.133. The van der Waals surface area contributed by atoms with Gasteiger partial charge in [-0.15, -0.1) is 0 Å². The number of carbonyl (C=O) groups excluding carboxylic acids is 2. The quantitative estimate of drug-likeness (QED) is 0.553. The Morgan fingerprint density at radius 2 is 1.61 bits per heavy atom. The normalized spacial score (nSPS) is 15.9. The van der Waals surface area contributed by atoms with E-state index in [1.54, 1.807) is 18.2 Å². The van der Waals surface area contributed by atoms with Gasteiger partial charge in [-0.05, 0) is 75.9 Å². The molecule has 166 valence electrons. The van der Waals surface area contributed by atoms with Crippen LogP contribution in [0.2, 0.25) is 10.0 Å². The third-order valence-corrected chi connectivity index (χ3v) is 6.73. The number of fused-ring (bicyclic) bond motifs is 1. The summed E-state index contributed by atoms with van der Waals surface area (Å²) < 4.78 is 0. The average molecular weight is 461 g/mol. The van der Waals surface area contributed by atoms with Crippen molar-refractivity contribution in [3.05, 3.63) is 68.7 Å². The van der Waals surface area contributed by atoms with E-state index in [2.05, 4.69) is 0 Å². The number of hydrogen-bond donors (Lipinski definition) is 0. The molecule has 2 amide bonds. The van der Waals surface area contributed by atoms with Crippen LogP contribution in [0.15, 0.2) is 36.4 Å². The van der Waals surface area contributed by atoms with Gasteiger partial charge in [0.2, 0.25) is 5.91 Å². The van der Waals surface area contributed by atoms with E-state index in [-0.39, 0.29) is 36.4 Å². The van der Waals surface area contributed by atoms with Crippen molar-refractivity contribution in [2.75, 3.05) is 6.54 Å². The second-order valence-electron chi connectivity index (χ2n) is 8.66. The number of halogens is 2. The minimum atomic E-state index is -0.128. The summed E-state index contributed by atoms with van der Waals surface area (Å²) >= 11 is 12.5. The maximum atomic E-state index is 13.4. The third-order valence-electron chi connectivity index (χ3n) is 6.02. The summed E-state index contributed by atoms with van der Waals surface area (Å²) in [6, 6.07) is 11.2. The number of amides is 2. The second kappa shape index (κ2) is 9.62. The Labute approximate surface area is 195 Å². The van der Waals surface area contributed by atoms with Crippen molar-refractivity contribution < 1.29 is 9.59 Å². The van der Waals surface area contributed by atoms with E-state index in [0.717, 1.165) is 16.7 Å². The Morgan fingerprint density at radius 1 is 1.03 bits per heavy atom. The van der Waals surface area contributed by atoms with Gasteiger partial charge in [0.1, 0.15) is 0 Å². The lowest BCUT2D eigenvalue weighted by Gasteiger charge is -2.37. The van der Waals surface area contributed by atoms with Gasteiger partial charge in [-0.1, -0.05) is 41.4 Å². The molecule has 1 heterocycles. The molecule has 31 heavy (non-hydrogen) atoms. The molecule has 0 fully saturated rings. The molecular weight excluding hydrogens is 431 g/mol. The first kappa shape index (κ1) is 23.6. The van der Waals surface area contributed by atoms with Gasteiger partial charge in [0.25, 0.3) is 5.91 Å². The number of rotatable bonds is 5. The van der Waals surface area contributed by atoms with Crippen LogP contribution in [0.25, 0.3) is 0 Å². The van der Waals surface area contributed by atoms with Crippen LogP contribution in [0.1, 0.15) is 67.7 Å². The zero-order chi connectivity index (χ0) is 22.9. The van der Waals surface area contributed by atoms with Gasteiger partial charge < -0.3 is 9.80 Å². The van der Waals surface area contributed by atoms with Gasteiger partial charge >= 0.3 is 0 Å². The van der Waals surface area contributed by atoms with E-state index in [9.17, 15) is 9.59 Å². The van der Waals surface area contributed by atoms with Crippen LogP contribution >= 0.6 is 23.2 Å². The molecule has 4 nitrogen and oxygen atoms in total. The predicted octanol–water partition coefficient (Wildman–Crippen LogP) is 5.94. The van der Waals surface area contributed by atoms with Gasteiger partial charge in [0.15, 0.2) is 0 Å². The van der Waals surface area contributed by atoms with Crippen LogP contribution in [0.5, 0.6) is 0 Å². The summed E-state index contributed by atoms with van der Waals surface area (Å²) in [5.74, 6) is 0.0348. The summed E-state index contributed by atoms with van der Waals surface area (Å²) in [5.41, 5.74) is 3.48. The lowest BCUT2D eigenvalue weighted by atomic mass is 9.88. The molecule has 1 atom stereocenters. The highest BCUT2D eigenvalue weighted by molar-refractivity contribution is 6.36. The molecule has 0 bridgehead atoms. The standard InChI is InChI=1S/C25H30Cl2N2O2/c1-15(2)29(16(3)4)25(31)20-9-6-8-18-17(5)28(13-12-19(18)20)24(30)14-21-22(26)10-7-11-23(21)27/h6-11,15-17H,12-14H2,1-5H3. The molecule has 1 unspecified atom stereocenters. The molecule has 0 radical (unpaired) electrons. The first-order valence-electron chi connectivity index (χ1n) is 10.8. The molecule has 1 aliphatic heterocycles. The van der Waals surface area contributed by atoms with Gasteiger partial charge in [-0.25, -0.2) is 0 Å². The fourth-order valence-corrected chi connectivity index (χ4v) is 5.10. The molecule has 0 saturated carbocycles. The summed E-state index contributed by atoms with van der Waals surface area (Å²) in [6.45, 7) is 10.7. The summed E-state index contributed by atoms with van der Waals surface area (Å²) in [6.07, 6.45) is 0.804. The Balaban J connectivity index is 1.88. The van der Waals surface area contributed by atoms with E-state index in [0.29, 0.717) is 28.6 Å². The maximum absolute atomic E-state index is 13.4. The highest BCUT2D eigenvalue weighted by atomic mass is 35.5. The SMILES string of the molecule is CC1c2cccc(C(=O)N(C(C)C)C(C)C)c2CCN1C(=O)Cc1c(Cl)cccc1Cl. The minimum absolute atomic E-state index is 0.0177. The van der Waals surface area contributed by atoms with Gasteiger partial charge in [-0.3, -0.25) is 9.59 Å². The zero-order valence-electron chi connectivity index (χ0n) is 18.8. The molecule has 0 saturated heterocycles. The smallest absolute Gasteiger partial charge is 0.254 e. The Hall–Kier alpha value is -2.04. The van der Waals surface area contributed by atoms with Gasteiger partial charge in [-0.2, -0.15) is 0 Å². The predicted molar refractivity (Wildman–Crippen MR) is 127 cm³/mol. The fourth-order valence-electron chi connectivity index (χ4n) is 4.57. The maximum Gasteiger partial charge on any atom is 0.254 e. The van der Waals surface area contributed by atoms with Gasteiger partial charge in [0, 0.05) is 34.2 Å². The van der Waals surface area contributed by atoms with E-state index in [4.69, 9.17) is 23.2 Å². The summed E-state index contributed by atoms with van der Waals surface area (Å²) in [7, 11) is 0. The first-order chi connectivity index (χ1) is 14.6. The number of benzene rings is 2. The van der Waals surface area contributed by atoms with Crippen LogP contribution < -0.4 is 0 Å². The second-order valence-corrected chi connectivity index (χ2v) is 9.48. The Bertz CT molecular complexity index is 959. The van der Waals surface area contributed by atoms with E-state index < -0.39 is 0 Å². The molecule has 6 heteroatoms. The molecule has 0 spiro atoms. The van der Waals surface area contributed by atoms with Crippen molar-refractivity contribution in [1.82, 2.24) is 9.80 Å². The molecule has 1 aliphatic rings. The zero-order valence-corrected chi connectivity index (χ0v) is 20.3. The first-order valence-corrected chi connectivity index (χ1v) is 11.6. The van der Waals surface area contributed by atoms with E-state index >= 15 is 0 Å². The monoisotopic (exact) mass is 460 g/mol. The molecule has 0 aliphatic carbocycles. The minimum Gasteiger partial charge on any atom is -0.335 e. The van der Waals surface area contributed by atoms with Gasteiger partial charge in [0.05, 0.1) is 12.5 Å². The van der Waals surface area contributed by atoms with Crippen LogP contribution in [-0.4, -0.2) is 40.2 Å². The van der Waals surface area contributed by atoms with E-state index in [1.807, 2.05) is 62.6 Å². The third kappa shape index (κ3) is 4.75. The van der Waals surface area contributed by atoms with Crippen LogP contribution in [0.3, 0.4) is 0 Å². The molecular formula is C25H30Cl2N2O2. The molecule has 3 rings (SSSR count). The van der Waals surface area contributed by atoms with Crippen molar-refractivity contribution in [3.8, 4) is 0 Å². The summed E-state index contributed by atoms with van der Waals surface area (Å²) in [4.78, 5) is 30.3. The topological polar surface area (TPSA) is 40.6 Å². The van der Waals surface area contributed by atoms with Crippen molar-refractivity contribution >= 4 is 35.0 Å². The van der Waals surface area contributed by atoms with Crippen molar-refractivity contribution in [2.24, 2.45) is 0 Å². The number of carbonyl (C=O) groups is 2. The highest BCUT2D eigenvalue weighted by Crippen LogP contribution is 2.34. The van der Waals surface area contributed by atoms with Crippen molar-refractivity contribution in [2.45, 2.75) is 65.6 Å². The van der Waals surface area contributed by atoms with E-state index in [1.165, 1.54) is 0 Å². The Kier molecular flexibility index (Phi) is 7.33. The molecule has 0 aromatic heterocycles. The molecule has 0 N–H and O–H groups in total. The fraction of sp³-hybridized carbons (Fsp3) is 0.440. The summed E-state index contributed by atoms with van der Waals surface area (Å²) in [5, 5.41) is 1.00. The molecule has 2 aromatic carbocycles. The van der Waals surface area contributed by atoms with Crippen LogP contribution in [0, 0.1) is 0 Å². The lowest BCUT2D eigenvalue weighted by Crippen LogP contribution is -2.44. The largest absolute Gasteiger partial charge is 0.335 e. The number of hydrogen-bond acceptors (Lipinski definition) is 2. The van der Waals surface area contributed by atoms with Crippen LogP contribution in [-0.2, 0) is 17.6 Å².